The van der Waals surface area contributed by atoms with Gasteiger partial charge in [0.2, 0.25) is 0 Å². The van der Waals surface area contributed by atoms with Crippen LogP contribution in [0, 0.1) is 11.3 Å². The van der Waals surface area contributed by atoms with E-state index in [4.69, 9.17) is 5.26 Å². The van der Waals surface area contributed by atoms with Crippen LogP contribution in [0.2, 0.25) is 0 Å². The summed E-state index contributed by atoms with van der Waals surface area (Å²) in [6.45, 7) is 0. The highest BCUT2D eigenvalue weighted by Crippen LogP contribution is 1.99. The van der Waals surface area contributed by atoms with Crippen molar-refractivity contribution in [2.24, 2.45) is 0 Å². The topological polar surface area (TPSA) is 69.5 Å². The van der Waals surface area contributed by atoms with Crippen molar-refractivity contribution < 1.29 is 4.79 Å². The fraction of sp³-hybridized carbons (Fsp3) is 0. The van der Waals surface area contributed by atoms with E-state index < -0.39 is 0 Å². The van der Waals surface area contributed by atoms with Gasteiger partial charge in [0.25, 0.3) is 0 Å². The molecule has 0 fully saturated rings. The lowest BCUT2D eigenvalue weighted by Gasteiger charge is -1.87. The Labute approximate surface area is 87.2 Å². The Morgan fingerprint density at radius 3 is 2.40 bits per heavy atom. The summed E-state index contributed by atoms with van der Waals surface area (Å²) < 4.78 is 0. The monoisotopic (exact) mass is 199 g/mol. The van der Waals surface area contributed by atoms with Crippen LogP contribution in [-0.4, -0.2) is 16.3 Å². The second-order valence-corrected chi connectivity index (χ2v) is 2.61. The van der Waals surface area contributed by atoms with Crippen molar-refractivity contribution in [2.75, 3.05) is 0 Å². The van der Waals surface area contributed by atoms with Crippen molar-refractivity contribution in [3.63, 3.8) is 0 Å². The third kappa shape index (κ3) is 3.87. The van der Waals surface area contributed by atoms with E-state index in [9.17, 15) is 4.79 Å². The number of carbonyl (C=O) groups is 1. The molecule has 0 saturated carbocycles. The number of nitrogens with one attached hydrogen (secondary N) is 1. The number of imidazole rings is 1. The minimum absolute atomic E-state index is 0.575. The van der Waals surface area contributed by atoms with Crippen molar-refractivity contribution in [3.8, 4) is 6.07 Å². The smallest absolute Gasteiger partial charge is 0.150 e. The summed E-state index contributed by atoms with van der Waals surface area (Å²) in [4.78, 5) is 16.5. The Balaban J connectivity index is 0.000000187. The number of carbonyl (C=O) groups excluding carboxylic acids is 1. The van der Waals surface area contributed by atoms with Crippen LogP contribution < -0.4 is 0 Å². The van der Waals surface area contributed by atoms with Crippen LogP contribution in [0.25, 0.3) is 0 Å². The molecule has 1 aromatic heterocycles. The van der Waals surface area contributed by atoms with Gasteiger partial charge in [-0.25, -0.2) is 4.98 Å². The van der Waals surface area contributed by atoms with Crippen molar-refractivity contribution in [1.82, 2.24) is 9.97 Å². The fourth-order valence-electron chi connectivity index (χ4n) is 0.851. The second-order valence-electron chi connectivity index (χ2n) is 2.61. The largest absolute Gasteiger partial charge is 0.351 e. The number of hydrogen-bond donors (Lipinski definition) is 1. The van der Waals surface area contributed by atoms with Crippen LogP contribution >= 0.6 is 0 Å². The molecule has 0 unspecified atom stereocenters. The molecule has 4 nitrogen and oxygen atoms in total. The number of nitrogens with zero attached hydrogens (tertiary/aromatic N) is 2. The third-order valence-corrected chi connectivity index (χ3v) is 1.58. The van der Waals surface area contributed by atoms with E-state index in [0.29, 0.717) is 11.1 Å². The molecule has 0 spiro atoms. The van der Waals surface area contributed by atoms with Crippen LogP contribution in [0.15, 0.2) is 43.0 Å². The third-order valence-electron chi connectivity index (χ3n) is 1.58. The predicted octanol–water partition coefficient (Wildman–Crippen LogP) is 1.78. The lowest BCUT2D eigenvalue weighted by atomic mass is 10.2. The van der Waals surface area contributed by atoms with E-state index in [1.807, 2.05) is 6.07 Å². The average molecular weight is 199 g/mol. The standard InChI is InChI=1S/C8H5NO.C3H4N2/c9-5-7-1-3-8(6-10)4-2-7;1-2-5-3-4-1/h1-4,6H;1-3H,(H,4,5). The molecule has 74 valence electrons. The number of nitriles is 1. The van der Waals surface area contributed by atoms with Crippen LogP contribution in [0.4, 0.5) is 0 Å². The van der Waals surface area contributed by atoms with E-state index in [1.54, 1.807) is 43.0 Å². The molecule has 0 saturated heterocycles. The molecular formula is C11H9N3O. The number of hydrogen-bond acceptors (Lipinski definition) is 3. The molecule has 0 radical (unpaired) electrons. The lowest BCUT2D eigenvalue weighted by molar-refractivity contribution is 0.112. The first-order valence-electron chi connectivity index (χ1n) is 4.25. The van der Waals surface area contributed by atoms with Gasteiger partial charge >= 0.3 is 0 Å². The van der Waals surface area contributed by atoms with Gasteiger partial charge in [0.15, 0.2) is 0 Å². The molecule has 0 aliphatic rings. The number of aromatic amines is 1. The maximum absolute atomic E-state index is 10.1. The van der Waals surface area contributed by atoms with E-state index in [1.165, 1.54) is 0 Å². The molecule has 0 aliphatic carbocycles. The summed E-state index contributed by atoms with van der Waals surface area (Å²) in [5.41, 5.74) is 1.17. The number of aldehydes is 1. The zero-order chi connectivity index (χ0) is 10.9. The molecule has 0 atom stereocenters. The molecule has 2 rings (SSSR count). The highest BCUT2D eigenvalue weighted by molar-refractivity contribution is 5.74. The van der Waals surface area contributed by atoms with Crippen LogP contribution in [0.1, 0.15) is 15.9 Å². The Morgan fingerprint density at radius 2 is 2.07 bits per heavy atom. The lowest BCUT2D eigenvalue weighted by Crippen LogP contribution is -1.78. The fourth-order valence-corrected chi connectivity index (χ4v) is 0.851. The summed E-state index contributed by atoms with van der Waals surface area (Å²) in [6, 6.07) is 8.43. The van der Waals surface area contributed by atoms with Crippen LogP contribution in [-0.2, 0) is 0 Å². The predicted molar refractivity (Wildman–Crippen MR) is 55.1 cm³/mol. The first-order valence-corrected chi connectivity index (χ1v) is 4.25. The summed E-state index contributed by atoms with van der Waals surface area (Å²) in [7, 11) is 0. The molecule has 1 N–H and O–H groups in total. The van der Waals surface area contributed by atoms with Gasteiger partial charge in [0.05, 0.1) is 18.0 Å². The molecule has 1 aromatic carbocycles. The zero-order valence-corrected chi connectivity index (χ0v) is 7.92. The summed E-state index contributed by atoms with van der Waals surface area (Å²) in [5, 5.41) is 8.36. The van der Waals surface area contributed by atoms with E-state index in [-0.39, 0.29) is 0 Å². The van der Waals surface area contributed by atoms with E-state index >= 15 is 0 Å². The van der Waals surface area contributed by atoms with Crippen molar-refractivity contribution >= 4 is 6.29 Å². The minimum Gasteiger partial charge on any atom is -0.351 e. The van der Waals surface area contributed by atoms with Gasteiger partial charge in [0, 0.05) is 18.0 Å². The van der Waals surface area contributed by atoms with Gasteiger partial charge < -0.3 is 4.98 Å². The van der Waals surface area contributed by atoms with Gasteiger partial charge in [-0.15, -0.1) is 0 Å². The van der Waals surface area contributed by atoms with Crippen LogP contribution in [0.5, 0.6) is 0 Å². The normalized spacial score (nSPS) is 8.20. The average Bonchev–Trinajstić information content (AvgIpc) is 2.88. The highest BCUT2D eigenvalue weighted by Gasteiger charge is 1.88. The molecule has 0 bridgehead atoms. The first-order chi connectivity index (χ1) is 7.36. The molecule has 15 heavy (non-hydrogen) atoms. The Morgan fingerprint density at radius 1 is 1.33 bits per heavy atom. The molecule has 2 aromatic rings. The van der Waals surface area contributed by atoms with Crippen molar-refractivity contribution in [3.05, 3.63) is 54.1 Å². The Hall–Kier alpha value is -2.41. The van der Waals surface area contributed by atoms with Gasteiger partial charge in [0.1, 0.15) is 6.29 Å². The highest BCUT2D eigenvalue weighted by atomic mass is 16.1. The number of aromatic nitrogens is 2. The first kappa shape index (κ1) is 10.7. The van der Waals surface area contributed by atoms with E-state index in [2.05, 4.69) is 9.97 Å². The quantitative estimate of drug-likeness (QED) is 0.711. The van der Waals surface area contributed by atoms with Gasteiger partial charge in [-0.3, -0.25) is 4.79 Å². The number of rotatable bonds is 1. The van der Waals surface area contributed by atoms with Gasteiger partial charge in [-0.05, 0) is 12.1 Å². The second kappa shape index (κ2) is 6.11. The Bertz CT molecular complexity index is 409. The summed E-state index contributed by atoms with van der Waals surface area (Å²) in [6.07, 6.45) is 5.83. The number of H-pyrrole nitrogens is 1. The SMILES string of the molecule is N#Cc1ccc(C=O)cc1.c1c[nH]cn1. The summed E-state index contributed by atoms with van der Waals surface area (Å²) in [5.74, 6) is 0. The molecule has 1 heterocycles. The maximum Gasteiger partial charge on any atom is 0.150 e. The number of benzene rings is 1. The van der Waals surface area contributed by atoms with Crippen molar-refractivity contribution in [2.45, 2.75) is 0 Å². The molecule has 0 aliphatic heterocycles. The summed E-state index contributed by atoms with van der Waals surface area (Å²) >= 11 is 0. The zero-order valence-electron chi connectivity index (χ0n) is 7.92. The molecule has 0 amide bonds. The van der Waals surface area contributed by atoms with Crippen molar-refractivity contribution in [1.29, 1.82) is 5.26 Å². The molecular weight excluding hydrogens is 190 g/mol. The Kier molecular flexibility index (Phi) is 4.34. The van der Waals surface area contributed by atoms with Crippen LogP contribution in [0.3, 0.4) is 0 Å². The van der Waals surface area contributed by atoms with Gasteiger partial charge in [-0.1, -0.05) is 12.1 Å². The minimum atomic E-state index is 0.575. The molecule has 4 heteroatoms. The maximum atomic E-state index is 10.1. The van der Waals surface area contributed by atoms with Gasteiger partial charge in [-0.2, -0.15) is 5.26 Å². The van der Waals surface area contributed by atoms with E-state index in [0.717, 1.165) is 6.29 Å².